The molecule has 0 saturated carbocycles. The minimum absolute atomic E-state index is 0.120. The number of halogens is 1. The van der Waals surface area contributed by atoms with Crippen molar-refractivity contribution in [3.63, 3.8) is 0 Å². The van der Waals surface area contributed by atoms with Gasteiger partial charge in [-0.1, -0.05) is 12.2 Å². The van der Waals surface area contributed by atoms with Crippen molar-refractivity contribution in [2.24, 2.45) is 5.73 Å². The van der Waals surface area contributed by atoms with Crippen molar-refractivity contribution in [3.8, 4) is 0 Å². The van der Waals surface area contributed by atoms with Gasteiger partial charge in [-0.05, 0) is 42.7 Å². The molecular weight excluding hydrogens is 165 g/mol. The van der Waals surface area contributed by atoms with Crippen molar-refractivity contribution >= 4 is 6.08 Å². The highest BCUT2D eigenvalue weighted by atomic mass is 19.1. The maximum absolute atomic E-state index is 13.2. The topological polar surface area (TPSA) is 26.0 Å². The lowest BCUT2D eigenvalue weighted by atomic mass is 10.1. The van der Waals surface area contributed by atoms with Gasteiger partial charge in [0.15, 0.2) is 0 Å². The van der Waals surface area contributed by atoms with Crippen molar-refractivity contribution < 1.29 is 4.39 Å². The summed E-state index contributed by atoms with van der Waals surface area (Å²) in [4.78, 5) is 0. The molecule has 2 heteroatoms. The molecular formula is C11H14FN. The van der Waals surface area contributed by atoms with E-state index in [2.05, 4.69) is 0 Å². The van der Waals surface area contributed by atoms with Gasteiger partial charge in [0.25, 0.3) is 0 Å². The molecule has 0 unspecified atom stereocenters. The maximum atomic E-state index is 13.2. The van der Waals surface area contributed by atoms with Crippen molar-refractivity contribution in [3.05, 3.63) is 40.7 Å². The van der Waals surface area contributed by atoms with Gasteiger partial charge < -0.3 is 5.73 Å². The second-order valence-corrected chi connectivity index (χ2v) is 3.11. The second kappa shape index (κ2) is 4.19. The van der Waals surface area contributed by atoms with E-state index in [4.69, 9.17) is 5.73 Å². The van der Waals surface area contributed by atoms with Crippen LogP contribution in [0, 0.1) is 19.7 Å². The van der Waals surface area contributed by atoms with Crippen LogP contribution in [0.5, 0.6) is 0 Å². The lowest BCUT2D eigenvalue weighted by Gasteiger charge is -2.02. The Kier molecular flexibility index (Phi) is 3.20. The van der Waals surface area contributed by atoms with Crippen LogP contribution in [0.1, 0.15) is 16.7 Å². The second-order valence-electron chi connectivity index (χ2n) is 3.11. The molecule has 0 amide bonds. The molecule has 1 nitrogen and oxygen atoms in total. The van der Waals surface area contributed by atoms with E-state index >= 15 is 0 Å². The molecule has 0 heterocycles. The third-order valence-electron chi connectivity index (χ3n) is 1.91. The first-order valence-electron chi connectivity index (χ1n) is 4.28. The highest BCUT2D eigenvalue weighted by molar-refractivity contribution is 5.52. The van der Waals surface area contributed by atoms with E-state index in [9.17, 15) is 4.39 Å². The molecule has 0 atom stereocenters. The molecule has 2 N–H and O–H groups in total. The molecule has 1 aromatic carbocycles. The number of nitrogens with two attached hydrogens (primary N) is 1. The first-order chi connectivity index (χ1) is 6.15. The fourth-order valence-electron chi connectivity index (χ4n) is 1.28. The largest absolute Gasteiger partial charge is 0.327 e. The summed E-state index contributed by atoms with van der Waals surface area (Å²) < 4.78 is 13.2. The van der Waals surface area contributed by atoms with Crippen molar-refractivity contribution in [2.45, 2.75) is 13.8 Å². The van der Waals surface area contributed by atoms with Gasteiger partial charge in [-0.2, -0.15) is 0 Å². The lowest BCUT2D eigenvalue weighted by Crippen LogP contribution is -1.93. The molecule has 0 fully saturated rings. The van der Waals surface area contributed by atoms with Gasteiger partial charge in [-0.3, -0.25) is 0 Å². The van der Waals surface area contributed by atoms with E-state index in [0.29, 0.717) is 17.7 Å². The molecule has 0 radical (unpaired) electrons. The van der Waals surface area contributed by atoms with Crippen LogP contribution in [-0.2, 0) is 0 Å². The number of hydrogen-bond donors (Lipinski definition) is 1. The minimum Gasteiger partial charge on any atom is -0.327 e. The summed E-state index contributed by atoms with van der Waals surface area (Å²) in [7, 11) is 0. The third kappa shape index (κ3) is 2.39. The molecule has 1 aromatic rings. The van der Waals surface area contributed by atoms with Crippen molar-refractivity contribution in [1.82, 2.24) is 0 Å². The first kappa shape index (κ1) is 9.93. The molecule has 0 aromatic heterocycles. The summed E-state index contributed by atoms with van der Waals surface area (Å²) in [6, 6.07) is 3.63. The summed E-state index contributed by atoms with van der Waals surface area (Å²) >= 11 is 0. The zero-order chi connectivity index (χ0) is 9.84. The van der Waals surface area contributed by atoms with E-state index in [-0.39, 0.29) is 5.82 Å². The monoisotopic (exact) mass is 179 g/mol. The lowest BCUT2D eigenvalue weighted by molar-refractivity contribution is 0.609. The Morgan fingerprint density at radius 2 is 1.85 bits per heavy atom. The Morgan fingerprint density at radius 3 is 2.31 bits per heavy atom. The van der Waals surface area contributed by atoms with Gasteiger partial charge in [-0.15, -0.1) is 0 Å². The maximum Gasteiger partial charge on any atom is 0.129 e. The van der Waals surface area contributed by atoms with E-state index < -0.39 is 0 Å². The summed E-state index contributed by atoms with van der Waals surface area (Å²) in [6.45, 7) is 4.04. The Bertz CT molecular complexity index is 306. The van der Waals surface area contributed by atoms with Crippen LogP contribution in [0.15, 0.2) is 18.2 Å². The molecule has 13 heavy (non-hydrogen) atoms. The van der Waals surface area contributed by atoms with E-state index in [1.807, 2.05) is 24.3 Å². The van der Waals surface area contributed by atoms with Crippen LogP contribution in [0.3, 0.4) is 0 Å². The Balaban J connectivity index is 3.06. The van der Waals surface area contributed by atoms with Gasteiger partial charge in [-0.25, -0.2) is 4.39 Å². The predicted octanol–water partition coefficient (Wildman–Crippen LogP) is 2.41. The fraction of sp³-hybridized carbons (Fsp3) is 0.273. The van der Waals surface area contributed by atoms with E-state index in [1.54, 1.807) is 13.8 Å². The SMILES string of the molecule is Cc1cc(C=CCN)cc(C)c1F. The van der Waals surface area contributed by atoms with Crippen LogP contribution in [0.4, 0.5) is 4.39 Å². The summed E-state index contributed by atoms with van der Waals surface area (Å²) in [5.74, 6) is -0.120. The average molecular weight is 179 g/mol. The van der Waals surface area contributed by atoms with Gasteiger partial charge in [0.2, 0.25) is 0 Å². The third-order valence-corrected chi connectivity index (χ3v) is 1.91. The number of benzene rings is 1. The Hall–Kier alpha value is -1.15. The summed E-state index contributed by atoms with van der Waals surface area (Å²) in [6.07, 6.45) is 3.76. The zero-order valence-corrected chi connectivity index (χ0v) is 7.97. The van der Waals surface area contributed by atoms with Crippen LogP contribution in [0.25, 0.3) is 6.08 Å². The van der Waals surface area contributed by atoms with Crippen LogP contribution in [0.2, 0.25) is 0 Å². The highest BCUT2D eigenvalue weighted by Crippen LogP contribution is 2.15. The smallest absolute Gasteiger partial charge is 0.129 e. The van der Waals surface area contributed by atoms with Crippen LogP contribution in [-0.4, -0.2) is 6.54 Å². The van der Waals surface area contributed by atoms with Crippen molar-refractivity contribution in [1.29, 1.82) is 0 Å². The molecule has 0 bridgehead atoms. The van der Waals surface area contributed by atoms with E-state index in [1.165, 1.54) is 0 Å². The number of hydrogen-bond acceptors (Lipinski definition) is 1. The van der Waals surface area contributed by atoms with E-state index in [0.717, 1.165) is 5.56 Å². The molecule has 0 aliphatic rings. The average Bonchev–Trinajstić information content (AvgIpc) is 2.10. The van der Waals surface area contributed by atoms with Gasteiger partial charge >= 0.3 is 0 Å². The molecule has 0 spiro atoms. The summed E-state index contributed by atoms with van der Waals surface area (Å²) in [5, 5.41) is 0. The fourth-order valence-corrected chi connectivity index (χ4v) is 1.28. The summed E-state index contributed by atoms with van der Waals surface area (Å²) in [5.41, 5.74) is 7.68. The number of rotatable bonds is 2. The molecule has 1 rings (SSSR count). The Morgan fingerprint density at radius 1 is 1.31 bits per heavy atom. The van der Waals surface area contributed by atoms with Gasteiger partial charge in [0, 0.05) is 6.54 Å². The molecule has 0 aliphatic carbocycles. The Labute approximate surface area is 78.1 Å². The first-order valence-corrected chi connectivity index (χ1v) is 4.28. The molecule has 0 aliphatic heterocycles. The zero-order valence-electron chi connectivity index (χ0n) is 7.97. The van der Waals surface area contributed by atoms with Crippen LogP contribution >= 0.6 is 0 Å². The van der Waals surface area contributed by atoms with Crippen molar-refractivity contribution in [2.75, 3.05) is 6.54 Å². The quantitative estimate of drug-likeness (QED) is 0.741. The highest BCUT2D eigenvalue weighted by Gasteiger charge is 2.01. The molecule has 0 saturated heterocycles. The van der Waals surface area contributed by atoms with Gasteiger partial charge in [0.1, 0.15) is 5.82 Å². The predicted molar refractivity (Wildman–Crippen MR) is 54.0 cm³/mol. The van der Waals surface area contributed by atoms with Crippen LogP contribution < -0.4 is 5.73 Å². The number of aryl methyl sites for hydroxylation is 2. The normalized spacial score (nSPS) is 11.1. The molecule has 70 valence electrons. The standard InChI is InChI=1S/C11H14FN/c1-8-6-10(4-3-5-13)7-9(2)11(8)12/h3-4,6-7H,5,13H2,1-2H3. The van der Waals surface area contributed by atoms with Gasteiger partial charge in [0.05, 0.1) is 0 Å². The minimum atomic E-state index is -0.120.